The van der Waals surface area contributed by atoms with E-state index in [4.69, 9.17) is 15.2 Å². The van der Waals surface area contributed by atoms with Gasteiger partial charge in [-0.05, 0) is 23.3 Å². The van der Waals surface area contributed by atoms with Crippen LogP contribution in [-0.4, -0.2) is 23.0 Å². The van der Waals surface area contributed by atoms with Gasteiger partial charge in [0.05, 0.1) is 22.4 Å². The molecule has 0 aliphatic rings. The molecule has 0 heterocycles. The molecular formula is C23H19NO6. The predicted molar refractivity (Wildman–Crippen MR) is 109 cm³/mol. The number of aromatic carboxylic acids is 1. The van der Waals surface area contributed by atoms with Crippen LogP contribution in [0.3, 0.4) is 0 Å². The summed E-state index contributed by atoms with van der Waals surface area (Å²) in [5.41, 5.74) is 6.40. The van der Waals surface area contributed by atoms with E-state index in [-0.39, 0.29) is 35.6 Å². The molecule has 0 saturated carbocycles. The summed E-state index contributed by atoms with van der Waals surface area (Å²) in [7, 11) is 0. The van der Waals surface area contributed by atoms with E-state index in [1.807, 2.05) is 12.1 Å². The number of benzene rings is 3. The number of hydrogen-bond donors (Lipinski definition) is 2. The topological polar surface area (TPSA) is 116 Å². The molecule has 0 amide bonds. The quantitative estimate of drug-likeness (QED) is 0.455. The molecule has 0 bridgehead atoms. The first-order valence-electron chi connectivity index (χ1n) is 9.04. The van der Waals surface area contributed by atoms with Crippen molar-refractivity contribution in [1.82, 2.24) is 0 Å². The maximum absolute atomic E-state index is 12.5. The average Bonchev–Trinajstić information content (AvgIpc) is 2.77. The fourth-order valence-electron chi connectivity index (χ4n) is 2.72. The second-order valence-electron chi connectivity index (χ2n) is 6.41. The van der Waals surface area contributed by atoms with E-state index in [0.29, 0.717) is 0 Å². The van der Waals surface area contributed by atoms with Crippen molar-refractivity contribution in [1.29, 1.82) is 0 Å². The molecule has 0 radical (unpaired) electrons. The van der Waals surface area contributed by atoms with Crippen LogP contribution >= 0.6 is 0 Å². The molecule has 0 saturated heterocycles. The van der Waals surface area contributed by atoms with Gasteiger partial charge in [-0.25, -0.2) is 14.4 Å². The Morgan fingerprint density at radius 3 is 1.70 bits per heavy atom. The third-order valence-electron chi connectivity index (χ3n) is 4.29. The highest BCUT2D eigenvalue weighted by atomic mass is 16.5. The Bertz CT molecular complexity index is 1060. The Balaban J connectivity index is 1.81. The molecule has 7 heteroatoms. The third kappa shape index (κ3) is 5.02. The molecule has 0 aromatic heterocycles. The molecule has 0 unspecified atom stereocenters. The van der Waals surface area contributed by atoms with E-state index in [2.05, 4.69) is 0 Å². The van der Waals surface area contributed by atoms with Crippen LogP contribution in [-0.2, 0) is 22.7 Å². The Hall–Kier alpha value is -4.13. The van der Waals surface area contributed by atoms with Crippen molar-refractivity contribution in [3.8, 4) is 0 Å². The number of anilines is 1. The molecule has 0 aliphatic heterocycles. The molecule has 0 fully saturated rings. The van der Waals surface area contributed by atoms with E-state index in [1.165, 1.54) is 6.07 Å². The Morgan fingerprint density at radius 2 is 1.20 bits per heavy atom. The highest BCUT2D eigenvalue weighted by molar-refractivity contribution is 6.06. The number of nitrogen functional groups attached to an aromatic ring is 1. The van der Waals surface area contributed by atoms with Crippen LogP contribution in [0.25, 0.3) is 0 Å². The van der Waals surface area contributed by atoms with Gasteiger partial charge in [-0.3, -0.25) is 0 Å². The van der Waals surface area contributed by atoms with Gasteiger partial charge in [0.2, 0.25) is 0 Å². The number of rotatable bonds is 7. The Kier molecular flexibility index (Phi) is 6.44. The second-order valence-corrected chi connectivity index (χ2v) is 6.41. The largest absolute Gasteiger partial charge is 0.478 e. The maximum Gasteiger partial charge on any atom is 0.340 e. The molecule has 152 valence electrons. The first-order chi connectivity index (χ1) is 14.5. The summed E-state index contributed by atoms with van der Waals surface area (Å²) in [4.78, 5) is 36.5. The number of carboxylic acids is 1. The number of hydrogen-bond acceptors (Lipinski definition) is 6. The van der Waals surface area contributed by atoms with Gasteiger partial charge in [-0.15, -0.1) is 0 Å². The van der Waals surface area contributed by atoms with Gasteiger partial charge in [0.15, 0.2) is 0 Å². The van der Waals surface area contributed by atoms with Gasteiger partial charge in [-0.1, -0.05) is 60.7 Å². The highest BCUT2D eigenvalue weighted by Gasteiger charge is 2.22. The van der Waals surface area contributed by atoms with Crippen molar-refractivity contribution >= 4 is 23.6 Å². The van der Waals surface area contributed by atoms with Crippen molar-refractivity contribution in [3.63, 3.8) is 0 Å². The number of carbonyl (C=O) groups excluding carboxylic acids is 2. The summed E-state index contributed by atoms with van der Waals surface area (Å²) in [5.74, 6) is -2.99. The smallest absolute Gasteiger partial charge is 0.340 e. The normalized spacial score (nSPS) is 10.3. The SMILES string of the molecule is Nc1c(C(=O)O)cc(C(=O)OCc2ccccc2)cc1C(=O)OCc1ccccc1. The van der Waals surface area contributed by atoms with Crippen LogP contribution < -0.4 is 5.73 Å². The monoisotopic (exact) mass is 405 g/mol. The van der Waals surface area contributed by atoms with E-state index in [0.717, 1.165) is 17.2 Å². The maximum atomic E-state index is 12.5. The number of nitrogens with two attached hydrogens (primary N) is 1. The predicted octanol–water partition coefficient (Wildman–Crippen LogP) is 3.68. The Morgan fingerprint density at radius 1 is 0.733 bits per heavy atom. The van der Waals surface area contributed by atoms with Crippen molar-refractivity contribution in [2.45, 2.75) is 13.2 Å². The standard InChI is InChI=1S/C23H19NO6/c24-20-18(21(25)26)11-17(22(27)29-13-15-7-3-1-4-8-15)12-19(20)23(28)30-14-16-9-5-2-6-10-16/h1-12H,13-14,24H2,(H,25,26). The summed E-state index contributed by atoms with van der Waals surface area (Å²) in [5, 5.41) is 9.41. The molecule has 0 spiro atoms. The molecule has 3 aromatic rings. The molecule has 7 nitrogen and oxygen atoms in total. The van der Waals surface area contributed by atoms with E-state index >= 15 is 0 Å². The van der Waals surface area contributed by atoms with Crippen molar-refractivity contribution in [2.75, 3.05) is 5.73 Å². The summed E-state index contributed by atoms with van der Waals surface area (Å²) in [6.45, 7) is -0.0234. The molecule has 0 atom stereocenters. The lowest BCUT2D eigenvalue weighted by Gasteiger charge is -2.12. The first kappa shape index (κ1) is 20.6. The molecule has 3 rings (SSSR count). The lowest BCUT2D eigenvalue weighted by molar-refractivity contribution is 0.0471. The van der Waals surface area contributed by atoms with E-state index in [1.54, 1.807) is 48.5 Å². The summed E-state index contributed by atoms with van der Waals surface area (Å²) < 4.78 is 10.5. The molecule has 0 aliphatic carbocycles. The summed E-state index contributed by atoms with van der Waals surface area (Å²) in [6, 6.07) is 20.2. The van der Waals surface area contributed by atoms with Gasteiger partial charge >= 0.3 is 17.9 Å². The molecular weight excluding hydrogens is 386 g/mol. The van der Waals surface area contributed by atoms with Gasteiger partial charge in [0.1, 0.15) is 13.2 Å². The number of carboxylic acid groups (broad SMARTS) is 1. The third-order valence-corrected chi connectivity index (χ3v) is 4.29. The van der Waals surface area contributed by atoms with Crippen LogP contribution in [0.2, 0.25) is 0 Å². The van der Waals surface area contributed by atoms with E-state index in [9.17, 15) is 19.5 Å². The van der Waals surface area contributed by atoms with Crippen LogP contribution in [0.5, 0.6) is 0 Å². The van der Waals surface area contributed by atoms with Crippen LogP contribution in [0.4, 0.5) is 5.69 Å². The van der Waals surface area contributed by atoms with Crippen molar-refractivity contribution < 1.29 is 29.0 Å². The molecule has 3 N–H and O–H groups in total. The first-order valence-corrected chi connectivity index (χ1v) is 9.04. The minimum Gasteiger partial charge on any atom is -0.478 e. The van der Waals surface area contributed by atoms with Gasteiger partial charge in [0.25, 0.3) is 0 Å². The van der Waals surface area contributed by atoms with Crippen molar-refractivity contribution in [2.24, 2.45) is 0 Å². The van der Waals surface area contributed by atoms with E-state index < -0.39 is 17.9 Å². The Labute approximate surface area is 172 Å². The summed E-state index contributed by atoms with van der Waals surface area (Å²) in [6.07, 6.45) is 0. The van der Waals surface area contributed by atoms with Gasteiger partial charge < -0.3 is 20.3 Å². The minimum atomic E-state index is -1.37. The van der Waals surface area contributed by atoms with Crippen LogP contribution in [0, 0.1) is 0 Å². The van der Waals surface area contributed by atoms with Crippen molar-refractivity contribution in [3.05, 3.63) is 101 Å². The zero-order chi connectivity index (χ0) is 21.5. The number of carbonyl (C=O) groups is 3. The van der Waals surface area contributed by atoms with Crippen LogP contribution in [0.15, 0.2) is 72.8 Å². The minimum absolute atomic E-state index is 0.000240. The fraction of sp³-hybridized carbons (Fsp3) is 0.0870. The second kappa shape index (κ2) is 9.38. The van der Waals surface area contributed by atoms with Gasteiger partial charge in [-0.2, -0.15) is 0 Å². The molecule has 3 aromatic carbocycles. The number of ether oxygens (including phenoxy) is 2. The highest BCUT2D eigenvalue weighted by Crippen LogP contribution is 2.23. The zero-order valence-corrected chi connectivity index (χ0v) is 15.9. The van der Waals surface area contributed by atoms with Crippen LogP contribution in [0.1, 0.15) is 42.2 Å². The number of esters is 2. The van der Waals surface area contributed by atoms with Gasteiger partial charge in [0, 0.05) is 0 Å². The fourth-order valence-corrected chi connectivity index (χ4v) is 2.72. The molecule has 30 heavy (non-hydrogen) atoms. The summed E-state index contributed by atoms with van der Waals surface area (Å²) >= 11 is 0. The zero-order valence-electron chi connectivity index (χ0n) is 15.9. The lowest BCUT2D eigenvalue weighted by atomic mass is 10.0. The lowest BCUT2D eigenvalue weighted by Crippen LogP contribution is -2.15. The average molecular weight is 405 g/mol.